The average molecular weight is 560 g/mol. The number of anilines is 1. The van der Waals surface area contributed by atoms with E-state index in [1.165, 1.54) is 6.20 Å². The van der Waals surface area contributed by atoms with Crippen molar-refractivity contribution in [1.82, 2.24) is 10.3 Å². The number of nitrogens with zero attached hydrogens (tertiary/aromatic N) is 1. The van der Waals surface area contributed by atoms with E-state index in [0.29, 0.717) is 17.2 Å². The molecule has 0 radical (unpaired) electrons. The van der Waals surface area contributed by atoms with Gasteiger partial charge in [0.05, 0.1) is 19.8 Å². The quantitative estimate of drug-likeness (QED) is 0.190. The maximum absolute atomic E-state index is 13.5. The van der Waals surface area contributed by atoms with Crippen LogP contribution in [0, 0.1) is 0 Å². The number of rotatable bonds is 12. The highest BCUT2D eigenvalue weighted by atomic mass is 16.5. The van der Waals surface area contributed by atoms with Crippen LogP contribution in [0.5, 0.6) is 11.5 Å². The van der Waals surface area contributed by atoms with Gasteiger partial charge in [-0.1, -0.05) is 59.1 Å². The lowest BCUT2D eigenvalue weighted by atomic mass is 9.84. The maximum Gasteiger partial charge on any atom is 0.259 e. The highest BCUT2D eigenvalue weighted by Crippen LogP contribution is 2.36. The van der Waals surface area contributed by atoms with E-state index < -0.39 is 11.8 Å². The minimum absolute atomic E-state index is 0.0657. The zero-order chi connectivity index (χ0) is 30.0. The fraction of sp³-hybridized carbons (Fsp3) is 0.394. The van der Waals surface area contributed by atoms with Gasteiger partial charge in [-0.25, -0.2) is 0 Å². The van der Waals surface area contributed by atoms with Gasteiger partial charge in [0.25, 0.3) is 11.8 Å². The summed E-state index contributed by atoms with van der Waals surface area (Å²) < 4.78 is 11.0. The fourth-order valence-corrected chi connectivity index (χ4v) is 4.78. The molecule has 3 rings (SSSR count). The molecule has 0 aliphatic carbocycles. The van der Waals surface area contributed by atoms with E-state index in [4.69, 9.17) is 9.47 Å². The number of hydrogen-bond acceptors (Lipinski definition) is 6. The lowest BCUT2D eigenvalue weighted by molar-refractivity contribution is -0.116. The number of nitrogens with one attached hydrogen (secondary N) is 2. The molecule has 0 spiro atoms. The lowest BCUT2D eigenvalue weighted by Gasteiger charge is -2.25. The fourth-order valence-electron chi connectivity index (χ4n) is 4.78. The SMILES string of the molecule is CCCCCC(CC(=O)Nc1cc(C(=O)NC(=O)c2cccnc2)ccc1C(C)(C)C)c1ccc(OC)cc1OC. The Kier molecular flexibility index (Phi) is 11.0. The minimum atomic E-state index is -0.560. The first kappa shape index (κ1) is 31.3. The molecule has 2 N–H and O–H groups in total. The van der Waals surface area contributed by atoms with E-state index in [9.17, 15) is 14.4 Å². The molecule has 0 fully saturated rings. The van der Waals surface area contributed by atoms with E-state index in [0.717, 1.165) is 36.8 Å². The van der Waals surface area contributed by atoms with Gasteiger partial charge in [0.2, 0.25) is 5.91 Å². The van der Waals surface area contributed by atoms with Gasteiger partial charge in [-0.2, -0.15) is 0 Å². The number of imide groups is 1. The minimum Gasteiger partial charge on any atom is -0.497 e. The molecule has 1 atom stereocenters. The van der Waals surface area contributed by atoms with Gasteiger partial charge < -0.3 is 14.8 Å². The highest BCUT2D eigenvalue weighted by Gasteiger charge is 2.24. The molecule has 3 amide bonds. The van der Waals surface area contributed by atoms with Crippen LogP contribution in [0.3, 0.4) is 0 Å². The first-order valence-corrected chi connectivity index (χ1v) is 14.0. The summed E-state index contributed by atoms with van der Waals surface area (Å²) in [5, 5.41) is 5.47. The predicted molar refractivity (Wildman–Crippen MR) is 161 cm³/mol. The van der Waals surface area contributed by atoms with Crippen LogP contribution < -0.4 is 20.1 Å². The Morgan fingerprint density at radius 2 is 1.68 bits per heavy atom. The summed E-state index contributed by atoms with van der Waals surface area (Å²) in [7, 11) is 3.23. The van der Waals surface area contributed by atoms with Crippen molar-refractivity contribution in [1.29, 1.82) is 0 Å². The number of amides is 3. The van der Waals surface area contributed by atoms with Gasteiger partial charge in [-0.05, 0) is 59.2 Å². The summed E-state index contributed by atoms with van der Waals surface area (Å²) in [5.74, 6) is 0.0374. The van der Waals surface area contributed by atoms with Crippen molar-refractivity contribution in [3.05, 3.63) is 83.2 Å². The van der Waals surface area contributed by atoms with Crippen LogP contribution in [0.15, 0.2) is 60.9 Å². The monoisotopic (exact) mass is 559 g/mol. The molecule has 1 unspecified atom stereocenters. The largest absolute Gasteiger partial charge is 0.497 e. The normalized spacial score (nSPS) is 11.9. The standard InChI is InChI=1S/C33H41N3O5/c1-7-8-9-11-22(26-15-14-25(40-5)20-29(26)41-6)19-30(37)35-28-18-23(13-16-27(28)33(2,3)4)31(38)36-32(39)24-12-10-17-34-21-24/h10,12-18,20-22H,7-9,11,19H2,1-6H3,(H,35,37)(H,36,38,39). The molecule has 0 saturated carbocycles. The van der Waals surface area contributed by atoms with Crippen molar-refractivity contribution in [3.63, 3.8) is 0 Å². The number of ether oxygens (including phenoxy) is 2. The van der Waals surface area contributed by atoms with Crippen LogP contribution in [-0.2, 0) is 10.2 Å². The van der Waals surface area contributed by atoms with E-state index in [1.54, 1.807) is 44.7 Å². The van der Waals surface area contributed by atoms with E-state index in [2.05, 4.69) is 22.5 Å². The Labute approximate surface area is 242 Å². The summed E-state index contributed by atoms with van der Waals surface area (Å²) in [6.45, 7) is 8.27. The number of carbonyl (C=O) groups excluding carboxylic acids is 3. The Balaban J connectivity index is 1.86. The molecule has 1 heterocycles. The van der Waals surface area contributed by atoms with Gasteiger partial charge in [0, 0.05) is 36.1 Å². The van der Waals surface area contributed by atoms with Crippen molar-refractivity contribution in [2.45, 2.75) is 71.1 Å². The molecule has 41 heavy (non-hydrogen) atoms. The van der Waals surface area contributed by atoms with E-state index >= 15 is 0 Å². The number of pyridine rings is 1. The van der Waals surface area contributed by atoms with E-state index in [1.807, 2.05) is 45.0 Å². The van der Waals surface area contributed by atoms with Crippen molar-refractivity contribution in [3.8, 4) is 11.5 Å². The summed E-state index contributed by atoms with van der Waals surface area (Å²) in [5.41, 5.74) is 2.62. The van der Waals surface area contributed by atoms with Gasteiger partial charge in [0.15, 0.2) is 0 Å². The van der Waals surface area contributed by atoms with Crippen LogP contribution in [0.1, 0.15) is 97.6 Å². The van der Waals surface area contributed by atoms with Gasteiger partial charge in [0.1, 0.15) is 11.5 Å². The zero-order valence-electron chi connectivity index (χ0n) is 24.9. The molecule has 0 aliphatic heterocycles. The van der Waals surface area contributed by atoms with Crippen LogP contribution in [0.2, 0.25) is 0 Å². The molecule has 0 saturated heterocycles. The van der Waals surface area contributed by atoms with Crippen molar-refractivity contribution in [2.24, 2.45) is 0 Å². The lowest BCUT2D eigenvalue weighted by Crippen LogP contribution is -2.31. The van der Waals surface area contributed by atoms with Gasteiger partial charge >= 0.3 is 0 Å². The Bertz CT molecular complexity index is 1350. The molecular weight excluding hydrogens is 518 g/mol. The highest BCUT2D eigenvalue weighted by molar-refractivity contribution is 6.10. The smallest absolute Gasteiger partial charge is 0.259 e. The first-order valence-electron chi connectivity index (χ1n) is 14.0. The molecule has 0 bridgehead atoms. The predicted octanol–water partition coefficient (Wildman–Crippen LogP) is 6.66. The Hall–Kier alpha value is -4.20. The van der Waals surface area contributed by atoms with Crippen LogP contribution in [-0.4, -0.2) is 36.9 Å². The third-order valence-electron chi connectivity index (χ3n) is 6.98. The molecule has 3 aromatic rings. The molecule has 8 heteroatoms. The van der Waals surface area contributed by atoms with Crippen LogP contribution in [0.4, 0.5) is 5.69 Å². The summed E-state index contributed by atoms with van der Waals surface area (Å²) in [6.07, 6.45) is 7.15. The Morgan fingerprint density at radius 3 is 2.32 bits per heavy atom. The maximum atomic E-state index is 13.5. The molecule has 2 aromatic carbocycles. The van der Waals surface area contributed by atoms with Gasteiger partial charge in [-0.3, -0.25) is 24.7 Å². The second-order valence-electron chi connectivity index (χ2n) is 11.1. The number of aromatic nitrogens is 1. The summed E-state index contributed by atoms with van der Waals surface area (Å²) >= 11 is 0. The summed E-state index contributed by atoms with van der Waals surface area (Å²) in [6, 6.07) is 14.0. The number of hydrogen-bond donors (Lipinski definition) is 2. The number of methoxy groups -OCH3 is 2. The van der Waals surface area contributed by atoms with Crippen LogP contribution >= 0.6 is 0 Å². The molecule has 1 aromatic heterocycles. The second kappa shape index (κ2) is 14.4. The summed E-state index contributed by atoms with van der Waals surface area (Å²) in [4.78, 5) is 42.9. The topological polar surface area (TPSA) is 107 Å². The van der Waals surface area contributed by atoms with Crippen molar-refractivity contribution in [2.75, 3.05) is 19.5 Å². The molecular formula is C33H41N3O5. The molecule has 0 aliphatic rings. The molecule has 8 nitrogen and oxygen atoms in total. The third-order valence-corrected chi connectivity index (χ3v) is 6.98. The zero-order valence-corrected chi connectivity index (χ0v) is 24.9. The number of benzene rings is 2. The first-order chi connectivity index (χ1) is 19.6. The number of carbonyl (C=O) groups is 3. The van der Waals surface area contributed by atoms with E-state index in [-0.39, 0.29) is 34.8 Å². The molecule has 218 valence electrons. The third kappa shape index (κ3) is 8.64. The van der Waals surface area contributed by atoms with Crippen LogP contribution in [0.25, 0.3) is 0 Å². The number of unbranched alkanes of at least 4 members (excludes halogenated alkanes) is 2. The average Bonchev–Trinajstić information content (AvgIpc) is 2.96. The van der Waals surface area contributed by atoms with Gasteiger partial charge in [-0.15, -0.1) is 0 Å². The second-order valence-corrected chi connectivity index (χ2v) is 11.1. The van der Waals surface area contributed by atoms with Crippen molar-refractivity contribution < 1.29 is 23.9 Å². The Morgan fingerprint density at radius 1 is 0.927 bits per heavy atom. The van der Waals surface area contributed by atoms with Crippen molar-refractivity contribution >= 4 is 23.4 Å².